The van der Waals surface area contributed by atoms with Crippen LogP contribution in [0.1, 0.15) is 26.8 Å². The molecule has 0 aliphatic carbocycles. The van der Waals surface area contributed by atoms with Crippen LogP contribution in [0.15, 0.2) is 61.7 Å². The van der Waals surface area contributed by atoms with Crippen molar-refractivity contribution in [2.45, 2.75) is 19.4 Å². The van der Waals surface area contributed by atoms with Gasteiger partial charge < -0.3 is 4.90 Å². The number of hydrogen-bond donors (Lipinski definition) is 0. The third-order valence-electron chi connectivity index (χ3n) is 4.77. The number of thiophene rings is 1. The molecular formula is C21H19N3OS. The van der Waals surface area contributed by atoms with E-state index in [2.05, 4.69) is 47.7 Å². The summed E-state index contributed by atoms with van der Waals surface area (Å²) in [5, 5.41) is 0. The molecule has 1 atom stereocenters. The number of fused-ring (bicyclic) bond motifs is 1. The Morgan fingerprint density at radius 2 is 2.04 bits per heavy atom. The zero-order valence-electron chi connectivity index (χ0n) is 14.6. The standard InChI is InChI=1S/C21H19N3OS/c1-3-21(25)24-11-19(18-8-14(2)26-20(18)12-24)17-7-5-4-6-16(17)15-9-22-13-23-10-15/h3-10,13,19H,1,11-12H2,2H3/t19-/m1/s1. The second-order valence-electron chi connectivity index (χ2n) is 6.43. The molecule has 2 aromatic heterocycles. The number of carbonyl (C=O) groups excluding carboxylic acids is 1. The quantitative estimate of drug-likeness (QED) is 0.658. The monoisotopic (exact) mass is 361 g/mol. The molecule has 0 saturated heterocycles. The van der Waals surface area contributed by atoms with Gasteiger partial charge in [0.1, 0.15) is 6.33 Å². The topological polar surface area (TPSA) is 46.1 Å². The molecule has 0 fully saturated rings. The Morgan fingerprint density at radius 1 is 1.27 bits per heavy atom. The number of amides is 1. The van der Waals surface area contributed by atoms with Crippen molar-refractivity contribution in [3.05, 3.63) is 82.6 Å². The molecule has 1 aliphatic heterocycles. The van der Waals surface area contributed by atoms with Gasteiger partial charge in [0, 0.05) is 40.2 Å². The van der Waals surface area contributed by atoms with E-state index in [-0.39, 0.29) is 11.8 Å². The normalized spacial score (nSPS) is 16.2. The van der Waals surface area contributed by atoms with Gasteiger partial charge in [0.25, 0.3) is 0 Å². The van der Waals surface area contributed by atoms with E-state index in [9.17, 15) is 4.79 Å². The fourth-order valence-corrected chi connectivity index (χ4v) is 4.74. The maximum absolute atomic E-state index is 12.3. The second-order valence-corrected chi connectivity index (χ2v) is 7.77. The number of aromatic nitrogens is 2. The molecule has 26 heavy (non-hydrogen) atoms. The summed E-state index contributed by atoms with van der Waals surface area (Å²) in [7, 11) is 0. The molecule has 0 unspecified atom stereocenters. The first kappa shape index (κ1) is 16.7. The molecule has 0 N–H and O–H groups in total. The largest absolute Gasteiger partial charge is 0.333 e. The Morgan fingerprint density at radius 3 is 2.81 bits per heavy atom. The molecule has 0 saturated carbocycles. The summed E-state index contributed by atoms with van der Waals surface area (Å²) >= 11 is 1.77. The zero-order valence-corrected chi connectivity index (χ0v) is 15.4. The Labute approximate surface area is 156 Å². The van der Waals surface area contributed by atoms with Crippen LogP contribution in [0, 0.1) is 6.92 Å². The van der Waals surface area contributed by atoms with Gasteiger partial charge in [-0.25, -0.2) is 9.97 Å². The molecule has 4 rings (SSSR count). The summed E-state index contributed by atoms with van der Waals surface area (Å²) in [5.74, 6) is 0.108. The first-order valence-corrected chi connectivity index (χ1v) is 9.34. The van der Waals surface area contributed by atoms with E-state index in [0.29, 0.717) is 13.1 Å². The fraction of sp³-hybridized carbons (Fsp3) is 0.190. The Bertz CT molecular complexity index is 964. The highest BCUT2D eigenvalue weighted by Crippen LogP contribution is 2.41. The van der Waals surface area contributed by atoms with Gasteiger partial charge in [0.15, 0.2) is 0 Å². The lowest BCUT2D eigenvalue weighted by Gasteiger charge is -2.33. The van der Waals surface area contributed by atoms with Gasteiger partial charge in [-0.3, -0.25) is 4.79 Å². The zero-order chi connectivity index (χ0) is 18.1. The van der Waals surface area contributed by atoms with Crippen LogP contribution < -0.4 is 0 Å². The van der Waals surface area contributed by atoms with Crippen molar-refractivity contribution in [1.29, 1.82) is 0 Å². The maximum Gasteiger partial charge on any atom is 0.246 e. The highest BCUT2D eigenvalue weighted by molar-refractivity contribution is 7.12. The van der Waals surface area contributed by atoms with E-state index < -0.39 is 0 Å². The third kappa shape index (κ3) is 2.95. The summed E-state index contributed by atoms with van der Waals surface area (Å²) < 4.78 is 0. The minimum Gasteiger partial charge on any atom is -0.333 e. The van der Waals surface area contributed by atoms with Gasteiger partial charge in [-0.05, 0) is 35.8 Å². The van der Waals surface area contributed by atoms with Crippen LogP contribution in [0.5, 0.6) is 0 Å². The minimum atomic E-state index is -0.0211. The van der Waals surface area contributed by atoms with Gasteiger partial charge in [-0.2, -0.15) is 0 Å². The molecule has 3 heterocycles. The van der Waals surface area contributed by atoms with Crippen molar-refractivity contribution in [2.24, 2.45) is 0 Å². The second kappa shape index (κ2) is 6.84. The van der Waals surface area contributed by atoms with Crippen molar-refractivity contribution < 1.29 is 4.79 Å². The highest BCUT2D eigenvalue weighted by Gasteiger charge is 2.31. The van der Waals surface area contributed by atoms with Crippen molar-refractivity contribution in [3.8, 4) is 11.1 Å². The molecule has 1 aliphatic rings. The SMILES string of the molecule is C=CC(=O)N1Cc2sc(C)cc2[C@@H](c2ccccc2-c2cncnc2)C1. The number of aryl methyl sites for hydroxylation is 1. The lowest BCUT2D eigenvalue weighted by molar-refractivity contribution is -0.127. The molecule has 130 valence electrons. The summed E-state index contributed by atoms with van der Waals surface area (Å²) in [5.41, 5.74) is 4.62. The van der Waals surface area contributed by atoms with Crippen LogP contribution in [0.2, 0.25) is 0 Å². The summed E-state index contributed by atoms with van der Waals surface area (Å²) in [6, 6.07) is 10.6. The van der Waals surface area contributed by atoms with Crippen molar-refractivity contribution in [3.63, 3.8) is 0 Å². The Balaban J connectivity index is 1.84. The van der Waals surface area contributed by atoms with E-state index in [0.717, 1.165) is 11.1 Å². The summed E-state index contributed by atoms with van der Waals surface area (Å²) in [6.45, 7) is 7.09. The molecule has 0 spiro atoms. The maximum atomic E-state index is 12.3. The van der Waals surface area contributed by atoms with Crippen LogP contribution in [-0.2, 0) is 11.3 Å². The average molecular weight is 361 g/mol. The summed E-state index contributed by atoms with van der Waals surface area (Å²) in [4.78, 5) is 25.1. The molecule has 0 bridgehead atoms. The van der Waals surface area contributed by atoms with Crippen molar-refractivity contribution in [2.75, 3.05) is 6.54 Å². The highest BCUT2D eigenvalue weighted by atomic mass is 32.1. The number of benzene rings is 1. The molecule has 1 aromatic carbocycles. The van der Waals surface area contributed by atoms with Crippen molar-refractivity contribution >= 4 is 17.2 Å². The fourth-order valence-electron chi connectivity index (χ4n) is 3.62. The lowest BCUT2D eigenvalue weighted by atomic mass is 9.84. The molecule has 5 heteroatoms. The molecule has 0 radical (unpaired) electrons. The van der Waals surface area contributed by atoms with Crippen molar-refractivity contribution in [1.82, 2.24) is 14.9 Å². The summed E-state index contributed by atoms with van der Waals surface area (Å²) in [6.07, 6.45) is 6.61. The molecule has 1 amide bonds. The minimum absolute atomic E-state index is 0.0211. The van der Waals surface area contributed by atoms with Crippen LogP contribution in [0.4, 0.5) is 0 Å². The molecule has 3 aromatic rings. The van der Waals surface area contributed by atoms with Crippen LogP contribution >= 0.6 is 11.3 Å². The molecule has 4 nitrogen and oxygen atoms in total. The number of carbonyl (C=O) groups is 1. The van der Waals surface area contributed by atoms with Crippen LogP contribution in [0.3, 0.4) is 0 Å². The Hall–Kier alpha value is -2.79. The van der Waals surface area contributed by atoms with E-state index in [4.69, 9.17) is 0 Å². The third-order valence-corrected chi connectivity index (χ3v) is 5.82. The van der Waals surface area contributed by atoms with Crippen LogP contribution in [0.25, 0.3) is 11.1 Å². The molecular weight excluding hydrogens is 342 g/mol. The number of nitrogens with zero attached hydrogens (tertiary/aromatic N) is 3. The van der Waals surface area contributed by atoms with E-state index in [1.807, 2.05) is 23.4 Å². The van der Waals surface area contributed by atoms with Gasteiger partial charge >= 0.3 is 0 Å². The first-order valence-electron chi connectivity index (χ1n) is 8.52. The van der Waals surface area contributed by atoms with Gasteiger partial charge in [0.2, 0.25) is 5.91 Å². The number of rotatable bonds is 3. The predicted molar refractivity (Wildman–Crippen MR) is 104 cm³/mol. The number of hydrogen-bond acceptors (Lipinski definition) is 4. The van der Waals surface area contributed by atoms with E-state index in [1.54, 1.807) is 11.3 Å². The van der Waals surface area contributed by atoms with Gasteiger partial charge in [-0.1, -0.05) is 30.8 Å². The average Bonchev–Trinajstić information content (AvgIpc) is 3.07. The van der Waals surface area contributed by atoms with E-state index in [1.165, 1.54) is 33.3 Å². The van der Waals surface area contributed by atoms with Gasteiger partial charge in [0.05, 0.1) is 6.54 Å². The Kier molecular flexibility index (Phi) is 4.39. The smallest absolute Gasteiger partial charge is 0.246 e. The first-order chi connectivity index (χ1) is 12.7. The van der Waals surface area contributed by atoms with E-state index >= 15 is 0 Å². The van der Waals surface area contributed by atoms with Crippen LogP contribution in [-0.4, -0.2) is 27.3 Å². The lowest BCUT2D eigenvalue weighted by Crippen LogP contribution is -2.37. The predicted octanol–water partition coefficient (Wildman–Crippen LogP) is 4.17. The van der Waals surface area contributed by atoms with Gasteiger partial charge in [-0.15, -0.1) is 11.3 Å².